The largest absolute Gasteiger partial charge is 0.378 e. The highest BCUT2D eigenvalue weighted by Crippen LogP contribution is 2.27. The molecular weight excluding hydrogens is 236 g/mol. The van der Waals surface area contributed by atoms with E-state index in [1.807, 2.05) is 7.05 Å². The first kappa shape index (κ1) is 13.7. The molecule has 0 bridgehead atoms. The van der Waals surface area contributed by atoms with Crippen molar-refractivity contribution < 1.29 is 0 Å². The van der Waals surface area contributed by atoms with Gasteiger partial charge in [0.25, 0.3) is 0 Å². The maximum absolute atomic E-state index is 4.23. The Morgan fingerprint density at radius 1 is 1.21 bits per heavy atom. The second-order valence-corrected chi connectivity index (χ2v) is 5.31. The van der Waals surface area contributed by atoms with Crippen LogP contribution < -0.4 is 15.5 Å². The number of aliphatic imine (C=N–C) groups is 1. The zero-order valence-electron chi connectivity index (χ0n) is 12.1. The van der Waals surface area contributed by atoms with Crippen LogP contribution in [0.25, 0.3) is 0 Å². The summed E-state index contributed by atoms with van der Waals surface area (Å²) in [6, 6.07) is 8.57. The summed E-state index contributed by atoms with van der Waals surface area (Å²) < 4.78 is 0. The molecule has 1 aromatic rings. The summed E-state index contributed by atoms with van der Waals surface area (Å²) in [5, 5.41) is 6.70. The molecule has 1 aliphatic carbocycles. The first-order chi connectivity index (χ1) is 9.19. The lowest BCUT2D eigenvalue weighted by molar-refractivity contribution is 0.737. The number of nitrogens with one attached hydrogen (secondary N) is 2. The number of anilines is 1. The van der Waals surface area contributed by atoms with Crippen LogP contribution in [-0.2, 0) is 6.54 Å². The molecule has 4 nitrogen and oxygen atoms in total. The zero-order valence-corrected chi connectivity index (χ0v) is 12.1. The molecule has 0 atom stereocenters. The Hall–Kier alpha value is -1.71. The molecule has 19 heavy (non-hydrogen) atoms. The normalized spacial score (nSPS) is 15.2. The van der Waals surface area contributed by atoms with Gasteiger partial charge in [-0.05, 0) is 36.5 Å². The summed E-state index contributed by atoms with van der Waals surface area (Å²) in [5.74, 6) is 1.75. The van der Waals surface area contributed by atoms with Crippen LogP contribution in [0.2, 0.25) is 0 Å². The fourth-order valence-corrected chi connectivity index (χ4v) is 1.88. The van der Waals surface area contributed by atoms with Crippen LogP contribution in [0, 0.1) is 5.92 Å². The number of benzene rings is 1. The number of nitrogens with zero attached hydrogens (tertiary/aromatic N) is 2. The summed E-state index contributed by atoms with van der Waals surface area (Å²) in [5.41, 5.74) is 2.49. The minimum absolute atomic E-state index is 0.804. The van der Waals surface area contributed by atoms with Crippen LogP contribution in [0.1, 0.15) is 18.4 Å². The van der Waals surface area contributed by atoms with Gasteiger partial charge in [-0.1, -0.05) is 12.1 Å². The third-order valence-corrected chi connectivity index (χ3v) is 3.39. The standard InChI is InChI=1S/C15H24N4/c1-16-15(17-10-12-4-5-12)18-11-13-6-8-14(9-7-13)19(2)3/h6-9,12H,4-5,10-11H2,1-3H3,(H2,16,17,18). The van der Waals surface area contributed by atoms with Gasteiger partial charge in [-0.3, -0.25) is 4.99 Å². The van der Waals surface area contributed by atoms with Gasteiger partial charge in [-0.2, -0.15) is 0 Å². The summed E-state index contributed by atoms with van der Waals surface area (Å²) in [7, 11) is 5.92. The summed E-state index contributed by atoms with van der Waals surface area (Å²) in [6.45, 7) is 1.84. The van der Waals surface area contributed by atoms with Crippen molar-refractivity contribution >= 4 is 11.6 Å². The fraction of sp³-hybridized carbons (Fsp3) is 0.533. The molecule has 2 N–H and O–H groups in total. The highest BCUT2D eigenvalue weighted by molar-refractivity contribution is 5.79. The first-order valence-electron chi connectivity index (χ1n) is 6.90. The van der Waals surface area contributed by atoms with Crippen molar-refractivity contribution in [1.29, 1.82) is 0 Å². The third kappa shape index (κ3) is 4.47. The molecule has 0 radical (unpaired) electrons. The number of hydrogen-bond donors (Lipinski definition) is 2. The van der Waals surface area contributed by atoms with Crippen molar-refractivity contribution in [2.75, 3.05) is 32.6 Å². The van der Waals surface area contributed by atoms with Crippen molar-refractivity contribution in [3.05, 3.63) is 29.8 Å². The maximum Gasteiger partial charge on any atom is 0.191 e. The fourth-order valence-electron chi connectivity index (χ4n) is 1.88. The van der Waals surface area contributed by atoms with Gasteiger partial charge >= 0.3 is 0 Å². The maximum atomic E-state index is 4.23. The molecule has 1 aliphatic rings. The Morgan fingerprint density at radius 2 is 1.89 bits per heavy atom. The zero-order chi connectivity index (χ0) is 13.7. The molecule has 104 valence electrons. The third-order valence-electron chi connectivity index (χ3n) is 3.39. The molecule has 1 fully saturated rings. The minimum atomic E-state index is 0.804. The van der Waals surface area contributed by atoms with Gasteiger partial charge in [-0.25, -0.2) is 0 Å². The second kappa shape index (κ2) is 6.45. The van der Waals surface area contributed by atoms with Gasteiger partial charge in [0.1, 0.15) is 0 Å². The van der Waals surface area contributed by atoms with Crippen molar-refractivity contribution in [2.45, 2.75) is 19.4 Å². The quantitative estimate of drug-likeness (QED) is 0.627. The molecule has 0 saturated heterocycles. The van der Waals surface area contributed by atoms with Gasteiger partial charge in [0, 0.05) is 39.9 Å². The molecule has 0 spiro atoms. The van der Waals surface area contributed by atoms with Crippen LogP contribution in [0.4, 0.5) is 5.69 Å². The van der Waals surface area contributed by atoms with Crippen LogP contribution >= 0.6 is 0 Å². The lowest BCUT2D eigenvalue weighted by atomic mass is 10.2. The SMILES string of the molecule is CN=C(NCc1ccc(N(C)C)cc1)NCC1CC1. The van der Waals surface area contributed by atoms with Gasteiger partial charge < -0.3 is 15.5 Å². The lowest BCUT2D eigenvalue weighted by Gasteiger charge is -2.14. The molecular formula is C15H24N4. The minimum Gasteiger partial charge on any atom is -0.378 e. The predicted molar refractivity (Wildman–Crippen MR) is 81.7 cm³/mol. The molecule has 0 amide bonds. The molecule has 1 aromatic carbocycles. The van der Waals surface area contributed by atoms with Crippen molar-refractivity contribution in [3.63, 3.8) is 0 Å². The summed E-state index contributed by atoms with van der Waals surface area (Å²) in [4.78, 5) is 6.34. The Balaban J connectivity index is 1.79. The molecule has 1 saturated carbocycles. The van der Waals surface area contributed by atoms with E-state index in [-0.39, 0.29) is 0 Å². The Labute approximate surface area is 115 Å². The van der Waals surface area contributed by atoms with E-state index in [0.717, 1.165) is 25.0 Å². The van der Waals surface area contributed by atoms with E-state index < -0.39 is 0 Å². The summed E-state index contributed by atoms with van der Waals surface area (Å²) in [6.07, 6.45) is 2.71. The van der Waals surface area contributed by atoms with Crippen LogP contribution in [0.15, 0.2) is 29.3 Å². The van der Waals surface area contributed by atoms with E-state index >= 15 is 0 Å². The van der Waals surface area contributed by atoms with Crippen molar-refractivity contribution in [1.82, 2.24) is 10.6 Å². The van der Waals surface area contributed by atoms with Crippen LogP contribution in [0.5, 0.6) is 0 Å². The molecule has 2 rings (SSSR count). The predicted octanol–water partition coefficient (Wildman–Crippen LogP) is 1.83. The average Bonchev–Trinajstić information content (AvgIpc) is 3.23. The highest BCUT2D eigenvalue weighted by Gasteiger charge is 2.20. The van der Waals surface area contributed by atoms with Crippen LogP contribution in [-0.4, -0.2) is 33.6 Å². The van der Waals surface area contributed by atoms with E-state index in [0.29, 0.717) is 0 Å². The Morgan fingerprint density at radius 3 is 2.42 bits per heavy atom. The molecule has 0 aliphatic heterocycles. The number of hydrogen-bond acceptors (Lipinski definition) is 2. The summed E-state index contributed by atoms with van der Waals surface area (Å²) >= 11 is 0. The number of guanidine groups is 1. The molecule has 0 heterocycles. The second-order valence-electron chi connectivity index (χ2n) is 5.31. The number of rotatable bonds is 5. The molecule has 0 aromatic heterocycles. The Kier molecular flexibility index (Phi) is 4.66. The van der Waals surface area contributed by atoms with Gasteiger partial charge in [0.05, 0.1) is 0 Å². The molecule has 4 heteroatoms. The van der Waals surface area contributed by atoms with E-state index in [4.69, 9.17) is 0 Å². The molecule has 0 unspecified atom stereocenters. The van der Waals surface area contributed by atoms with Gasteiger partial charge in [-0.15, -0.1) is 0 Å². The van der Waals surface area contributed by atoms with E-state index in [1.165, 1.54) is 24.1 Å². The van der Waals surface area contributed by atoms with E-state index in [1.54, 1.807) is 0 Å². The van der Waals surface area contributed by atoms with Crippen molar-refractivity contribution in [2.24, 2.45) is 10.9 Å². The van der Waals surface area contributed by atoms with E-state index in [2.05, 4.69) is 58.9 Å². The highest BCUT2D eigenvalue weighted by atomic mass is 15.2. The average molecular weight is 260 g/mol. The lowest BCUT2D eigenvalue weighted by Crippen LogP contribution is -2.37. The van der Waals surface area contributed by atoms with Gasteiger partial charge in [0.2, 0.25) is 0 Å². The van der Waals surface area contributed by atoms with Crippen LogP contribution in [0.3, 0.4) is 0 Å². The van der Waals surface area contributed by atoms with Crippen molar-refractivity contribution in [3.8, 4) is 0 Å². The topological polar surface area (TPSA) is 39.7 Å². The smallest absolute Gasteiger partial charge is 0.191 e. The Bertz CT molecular complexity index is 418. The first-order valence-corrected chi connectivity index (χ1v) is 6.90. The monoisotopic (exact) mass is 260 g/mol. The van der Waals surface area contributed by atoms with Gasteiger partial charge in [0.15, 0.2) is 5.96 Å². The van der Waals surface area contributed by atoms with E-state index in [9.17, 15) is 0 Å².